The maximum Gasteiger partial charge on any atom is 0.303 e. The number of rotatable bonds is 21. The maximum absolute atomic E-state index is 12.7. The molecule has 0 radical (unpaired) electrons. The zero-order chi connectivity index (χ0) is 52.0. The third kappa shape index (κ3) is 11.1. The molecule has 4 aromatic rings. The number of unbranched alkanes of at least 4 members (excludes halogenated alkanes) is 2. The quantitative estimate of drug-likeness (QED) is 0.0292. The van der Waals surface area contributed by atoms with Gasteiger partial charge >= 0.3 is 5.97 Å². The van der Waals surface area contributed by atoms with E-state index >= 15 is 0 Å². The van der Waals surface area contributed by atoms with Crippen molar-refractivity contribution in [3.8, 4) is 0 Å². The van der Waals surface area contributed by atoms with E-state index in [-0.39, 0.29) is 54.0 Å². The Kier molecular flexibility index (Phi) is 15.6. The first-order valence-electron chi connectivity index (χ1n) is 21.8. The number of nitrogens with zero attached hydrogens (tertiary/aromatic N) is 2. The summed E-state index contributed by atoms with van der Waals surface area (Å²) in [4.78, 5) is 12.0. The van der Waals surface area contributed by atoms with Crippen molar-refractivity contribution in [2.24, 2.45) is 0 Å². The fraction of sp³-hybridized carbons (Fsp3) is 0.400. The summed E-state index contributed by atoms with van der Waals surface area (Å²) in [5.41, 5.74) is 0.172. The molecule has 382 valence electrons. The lowest BCUT2D eigenvalue weighted by Gasteiger charge is -2.35. The summed E-state index contributed by atoms with van der Waals surface area (Å²) >= 11 is 0. The van der Waals surface area contributed by atoms with Gasteiger partial charge in [0, 0.05) is 71.9 Å². The molecule has 0 spiro atoms. The van der Waals surface area contributed by atoms with Gasteiger partial charge in [-0.25, -0.2) is 0 Å². The number of hydrogen-bond donors (Lipinski definition) is 6. The number of carboxylic acids is 1. The summed E-state index contributed by atoms with van der Waals surface area (Å²) in [7, 11) is -23.1. The molecule has 0 amide bonds. The smallest absolute Gasteiger partial charge is 0.303 e. The van der Waals surface area contributed by atoms with Crippen molar-refractivity contribution in [1.29, 1.82) is 0 Å². The third-order valence-electron chi connectivity index (χ3n) is 13.1. The van der Waals surface area contributed by atoms with Crippen LogP contribution < -0.4 is 9.80 Å². The second-order valence-corrected chi connectivity index (χ2v) is 24.8. The van der Waals surface area contributed by atoms with Crippen LogP contribution in [-0.2, 0) is 71.0 Å². The molecule has 0 aromatic heterocycles. The van der Waals surface area contributed by atoms with Gasteiger partial charge in [-0.05, 0) is 110 Å². The first-order chi connectivity index (χ1) is 32.4. The van der Waals surface area contributed by atoms with Gasteiger partial charge in [-0.15, -0.1) is 0 Å². The van der Waals surface area contributed by atoms with Gasteiger partial charge in [-0.2, -0.15) is 42.1 Å². The van der Waals surface area contributed by atoms with E-state index in [0.29, 0.717) is 72.6 Å². The molecule has 2 aliphatic rings. The summed E-state index contributed by atoms with van der Waals surface area (Å²) in [5, 5.41) is 9.31. The Bertz CT molecular complexity index is 3430. The van der Waals surface area contributed by atoms with Gasteiger partial charge in [0.2, 0.25) is 0 Å². The van der Waals surface area contributed by atoms with Crippen LogP contribution in [0.4, 0.5) is 11.4 Å². The standard InChI is InChI=1S/C45H54N2O18S5/c1-5-46-35-18-16-31-33(25-29(67(53,54)55)27-37(31)69(59,60)61)42(35)45(3,21-23-65-4)39(46)13-8-6-9-14-40-44(2,20-12-24-66(50,51)52)43-34-26-30(68(56,57)58)28-38(70(62,63)64)32(34)17-19-36(43)47(40)22-11-7-10-15-41(48)49/h6,8-9,13-14,16-19,25-28,39H,5,7,10-12,15,20-24H2,1-4H3,(H,48,49)(H,50,51,52)(H,53,54,55)(H,56,57,58)(H,59,60,61)(H,62,63,64). The Labute approximate surface area is 407 Å². The van der Waals surface area contributed by atoms with E-state index in [1.54, 1.807) is 43.4 Å². The van der Waals surface area contributed by atoms with E-state index in [9.17, 15) is 74.8 Å². The molecule has 3 atom stereocenters. The molecule has 2 heterocycles. The molecule has 0 saturated heterocycles. The molecule has 0 bridgehead atoms. The van der Waals surface area contributed by atoms with Gasteiger partial charge in [0.15, 0.2) is 0 Å². The minimum atomic E-state index is -5.11. The van der Waals surface area contributed by atoms with E-state index in [2.05, 4.69) is 0 Å². The first-order valence-corrected chi connectivity index (χ1v) is 29.1. The van der Waals surface area contributed by atoms with E-state index in [1.165, 1.54) is 19.2 Å². The average Bonchev–Trinajstić information content (AvgIpc) is 3.63. The minimum Gasteiger partial charge on any atom is -0.481 e. The van der Waals surface area contributed by atoms with E-state index in [0.717, 1.165) is 12.1 Å². The second-order valence-electron chi connectivity index (χ2n) is 17.6. The van der Waals surface area contributed by atoms with Gasteiger partial charge in [0.05, 0.1) is 21.6 Å². The summed E-state index contributed by atoms with van der Waals surface area (Å²) in [6, 6.07) is 9.06. The van der Waals surface area contributed by atoms with Crippen LogP contribution in [0.25, 0.3) is 21.5 Å². The third-order valence-corrected chi connectivity index (χ3v) is 17.4. The summed E-state index contributed by atoms with van der Waals surface area (Å²) in [6.45, 7) is 6.33. The Hall–Kier alpha value is -4.80. The Balaban J connectivity index is 1.53. The van der Waals surface area contributed by atoms with Crippen molar-refractivity contribution in [3.63, 3.8) is 0 Å². The van der Waals surface area contributed by atoms with Crippen LogP contribution in [0.5, 0.6) is 0 Å². The number of anilines is 2. The molecule has 3 unspecified atom stereocenters. The number of fused-ring (bicyclic) bond motifs is 6. The van der Waals surface area contributed by atoms with Crippen molar-refractivity contribution < 1.29 is 79.5 Å². The summed E-state index contributed by atoms with van der Waals surface area (Å²) in [5.74, 6) is -1.67. The number of ether oxygens (including phenoxy) is 1. The molecule has 25 heteroatoms. The molecule has 2 aliphatic heterocycles. The normalized spacial score (nSPS) is 20.7. The lowest BCUT2D eigenvalue weighted by atomic mass is 9.74. The highest BCUT2D eigenvalue weighted by molar-refractivity contribution is 7.87. The van der Waals surface area contributed by atoms with E-state index < -0.39 is 98.8 Å². The fourth-order valence-corrected chi connectivity index (χ4v) is 13.2. The molecule has 0 aliphatic carbocycles. The van der Waals surface area contributed by atoms with Gasteiger partial charge in [-0.1, -0.05) is 49.8 Å². The fourth-order valence-electron chi connectivity index (χ4n) is 10.0. The molecule has 20 nitrogen and oxygen atoms in total. The highest BCUT2D eigenvalue weighted by Gasteiger charge is 2.48. The van der Waals surface area contributed by atoms with Crippen LogP contribution in [0, 0.1) is 0 Å². The Morgan fingerprint density at radius 3 is 1.73 bits per heavy atom. The number of carboxylic acid groups (broad SMARTS) is 1. The highest BCUT2D eigenvalue weighted by Crippen LogP contribution is 2.55. The number of methoxy groups -OCH3 is 1. The lowest BCUT2D eigenvalue weighted by Crippen LogP contribution is -2.42. The number of allylic oxidation sites excluding steroid dienone is 5. The van der Waals surface area contributed by atoms with Crippen LogP contribution in [-0.4, -0.2) is 115 Å². The van der Waals surface area contributed by atoms with E-state index in [1.807, 2.05) is 29.7 Å². The summed E-state index contributed by atoms with van der Waals surface area (Å²) < 4.78 is 181. The Morgan fingerprint density at radius 1 is 0.671 bits per heavy atom. The van der Waals surface area contributed by atoms with Crippen LogP contribution >= 0.6 is 0 Å². The van der Waals surface area contributed by atoms with Crippen molar-refractivity contribution in [2.45, 2.75) is 102 Å². The van der Waals surface area contributed by atoms with Gasteiger partial charge in [0.1, 0.15) is 9.79 Å². The number of carbonyl (C=O) groups is 1. The number of aliphatic carboxylic acids is 1. The topological polar surface area (TPSA) is 325 Å². The van der Waals surface area contributed by atoms with Crippen LogP contribution in [0.2, 0.25) is 0 Å². The Morgan fingerprint density at radius 2 is 1.23 bits per heavy atom. The zero-order valence-electron chi connectivity index (χ0n) is 38.4. The molecule has 4 aromatic carbocycles. The molecule has 0 fully saturated rings. The first kappa shape index (κ1) is 54.5. The molecular weight excluding hydrogens is 1020 g/mol. The van der Waals surface area contributed by atoms with Crippen LogP contribution in [0.1, 0.15) is 76.8 Å². The van der Waals surface area contributed by atoms with Gasteiger partial charge < -0.3 is 19.6 Å². The van der Waals surface area contributed by atoms with Gasteiger partial charge in [0.25, 0.3) is 50.6 Å². The molecule has 6 rings (SSSR count). The predicted octanol–water partition coefficient (Wildman–Crippen LogP) is 6.57. The largest absolute Gasteiger partial charge is 0.481 e. The SMILES string of the molecule is CCN1c2ccc3c(S(=O)(=O)O)cc(S(=O)(=O)O)cc3c2C(C)(CCOC)C1C=CC=CC=C1N(CCCCCC(=O)O)c2ccc3c(S(=O)(=O)O)cc(S(=O)(=O)O)cc3c2C1(C)CCCS(=O)(=O)O. The monoisotopic (exact) mass is 1070 g/mol. The lowest BCUT2D eigenvalue weighted by molar-refractivity contribution is -0.137. The number of likely N-dealkylation sites (N-methyl/N-ethyl adjacent to an activating group) is 1. The van der Waals surface area contributed by atoms with E-state index in [4.69, 9.17) is 4.74 Å². The van der Waals surface area contributed by atoms with Crippen molar-refractivity contribution in [1.82, 2.24) is 0 Å². The predicted molar refractivity (Wildman–Crippen MR) is 261 cm³/mol. The molecule has 70 heavy (non-hydrogen) atoms. The molecular formula is C45H54N2O18S5. The van der Waals surface area contributed by atoms with Crippen molar-refractivity contribution in [2.75, 3.05) is 42.4 Å². The van der Waals surface area contributed by atoms with Crippen LogP contribution in [0.3, 0.4) is 0 Å². The highest BCUT2D eigenvalue weighted by atomic mass is 32.2. The van der Waals surface area contributed by atoms with Crippen molar-refractivity contribution >= 4 is 89.5 Å². The summed E-state index contributed by atoms with van der Waals surface area (Å²) in [6.07, 6.45) is 9.93. The zero-order valence-corrected chi connectivity index (χ0v) is 42.5. The number of benzene rings is 4. The average molecular weight is 1070 g/mol. The van der Waals surface area contributed by atoms with Crippen LogP contribution in [0.15, 0.2) is 104 Å². The van der Waals surface area contributed by atoms with Crippen molar-refractivity contribution in [3.05, 3.63) is 95.7 Å². The maximum atomic E-state index is 12.7. The molecule has 0 saturated carbocycles. The number of hydrogen-bond acceptors (Lipinski definition) is 14. The second kappa shape index (κ2) is 20.0. The van der Waals surface area contributed by atoms with Gasteiger partial charge in [-0.3, -0.25) is 27.6 Å². The minimum absolute atomic E-state index is 0.00602. The molecule has 6 N–H and O–H groups in total.